The molecule has 2 aromatic heterocycles. The number of nitrogens with zero attached hydrogens (tertiary/aromatic N) is 2. The predicted octanol–water partition coefficient (Wildman–Crippen LogP) is 2.63. The number of thiophene rings is 1. The van der Waals surface area contributed by atoms with Crippen LogP contribution in [0.15, 0.2) is 17.5 Å². The lowest BCUT2D eigenvalue weighted by atomic mass is 10.1. The van der Waals surface area contributed by atoms with Crippen molar-refractivity contribution in [2.24, 2.45) is 0 Å². The number of rotatable bonds is 4. The highest BCUT2D eigenvalue weighted by molar-refractivity contribution is 7.10. The maximum absolute atomic E-state index is 10.1. The maximum Gasteiger partial charge on any atom is 0.126 e. The van der Waals surface area contributed by atoms with Gasteiger partial charge in [-0.3, -0.25) is 0 Å². The number of hydrogen-bond donors (Lipinski definition) is 1. The molecule has 80 valence electrons. The van der Waals surface area contributed by atoms with Crippen molar-refractivity contribution in [1.82, 2.24) is 9.59 Å². The van der Waals surface area contributed by atoms with Crippen LogP contribution in [-0.2, 0) is 6.42 Å². The van der Waals surface area contributed by atoms with Gasteiger partial charge < -0.3 is 5.11 Å². The number of aromatic nitrogens is 2. The van der Waals surface area contributed by atoms with Crippen molar-refractivity contribution in [2.45, 2.75) is 25.9 Å². The summed E-state index contributed by atoms with van der Waals surface area (Å²) in [6, 6.07) is 3.88. The molecule has 2 aromatic rings. The molecule has 3 nitrogen and oxygen atoms in total. The van der Waals surface area contributed by atoms with E-state index in [2.05, 4.69) is 16.5 Å². The molecule has 1 atom stereocenters. The molecule has 1 N–H and O–H groups in total. The monoisotopic (exact) mass is 240 g/mol. The second-order valence-electron chi connectivity index (χ2n) is 3.25. The van der Waals surface area contributed by atoms with Gasteiger partial charge in [-0.05, 0) is 29.4 Å². The van der Waals surface area contributed by atoms with Gasteiger partial charge in [-0.1, -0.05) is 23.9 Å². The fourth-order valence-corrected chi connectivity index (χ4v) is 2.90. The zero-order valence-electron chi connectivity index (χ0n) is 8.38. The van der Waals surface area contributed by atoms with Gasteiger partial charge in [-0.2, -0.15) is 0 Å². The van der Waals surface area contributed by atoms with Crippen molar-refractivity contribution in [3.63, 3.8) is 0 Å². The van der Waals surface area contributed by atoms with Gasteiger partial charge in [0.15, 0.2) is 0 Å². The molecule has 1 unspecified atom stereocenters. The third-order valence-electron chi connectivity index (χ3n) is 2.13. The Morgan fingerprint density at radius 2 is 2.40 bits per heavy atom. The average Bonchev–Trinajstić information content (AvgIpc) is 2.87. The summed E-state index contributed by atoms with van der Waals surface area (Å²) in [5, 5.41) is 16.1. The molecule has 0 fully saturated rings. The number of hydrogen-bond acceptors (Lipinski definition) is 5. The molecule has 5 heteroatoms. The molecule has 0 aromatic carbocycles. The largest absolute Gasteiger partial charge is 0.382 e. The average molecular weight is 240 g/mol. The zero-order chi connectivity index (χ0) is 10.7. The van der Waals surface area contributed by atoms with Crippen LogP contribution < -0.4 is 0 Å². The Morgan fingerprint density at radius 3 is 3.07 bits per heavy atom. The van der Waals surface area contributed by atoms with Crippen molar-refractivity contribution in [2.75, 3.05) is 0 Å². The minimum absolute atomic E-state index is 0.549. The lowest BCUT2D eigenvalue weighted by molar-refractivity contribution is 0.226. The molecule has 15 heavy (non-hydrogen) atoms. The molecular weight excluding hydrogens is 228 g/mol. The van der Waals surface area contributed by atoms with Gasteiger partial charge in [-0.25, -0.2) is 0 Å². The lowest BCUT2D eigenvalue weighted by Gasteiger charge is -2.06. The zero-order valence-corrected chi connectivity index (χ0v) is 10.0. The molecule has 0 bridgehead atoms. The highest BCUT2D eigenvalue weighted by Crippen LogP contribution is 2.30. The van der Waals surface area contributed by atoms with Crippen LogP contribution in [0.25, 0.3) is 0 Å². The molecule has 0 spiro atoms. The van der Waals surface area contributed by atoms with Gasteiger partial charge in [0.25, 0.3) is 0 Å². The molecule has 2 rings (SSSR count). The van der Waals surface area contributed by atoms with Gasteiger partial charge in [0, 0.05) is 4.88 Å². The first-order chi connectivity index (χ1) is 7.33. The van der Waals surface area contributed by atoms with Crippen LogP contribution >= 0.6 is 22.9 Å². The maximum atomic E-state index is 10.1. The summed E-state index contributed by atoms with van der Waals surface area (Å²) >= 11 is 2.85. The molecule has 0 saturated carbocycles. The van der Waals surface area contributed by atoms with Crippen LogP contribution in [0.2, 0.25) is 0 Å². The normalized spacial score (nSPS) is 12.9. The molecule has 0 radical (unpaired) electrons. The summed E-state index contributed by atoms with van der Waals surface area (Å²) in [5.41, 5.74) is 0.934. The summed E-state index contributed by atoms with van der Waals surface area (Å²) in [6.45, 7) is 2.10. The Labute approximate surface area is 96.6 Å². The minimum atomic E-state index is -0.549. The first-order valence-corrected chi connectivity index (χ1v) is 6.50. The Balaban J connectivity index is 2.25. The van der Waals surface area contributed by atoms with Crippen LogP contribution in [-0.4, -0.2) is 14.7 Å². The minimum Gasteiger partial charge on any atom is -0.382 e. The van der Waals surface area contributed by atoms with Gasteiger partial charge in [-0.15, -0.1) is 16.4 Å². The van der Waals surface area contributed by atoms with Gasteiger partial charge in [0.2, 0.25) is 0 Å². The topological polar surface area (TPSA) is 46.0 Å². The molecule has 0 saturated heterocycles. The van der Waals surface area contributed by atoms with E-state index in [0.29, 0.717) is 0 Å². The van der Waals surface area contributed by atoms with Crippen LogP contribution in [0.1, 0.15) is 34.9 Å². The first-order valence-electron chi connectivity index (χ1n) is 4.85. The van der Waals surface area contributed by atoms with E-state index in [9.17, 15) is 5.11 Å². The van der Waals surface area contributed by atoms with Crippen molar-refractivity contribution in [3.05, 3.63) is 33.0 Å². The smallest absolute Gasteiger partial charge is 0.126 e. The Hall–Kier alpha value is -0.780. The number of aliphatic hydroxyl groups is 1. The molecule has 0 aliphatic carbocycles. The Kier molecular flexibility index (Phi) is 3.45. The van der Waals surface area contributed by atoms with Crippen LogP contribution in [0, 0.1) is 0 Å². The fourth-order valence-electron chi connectivity index (χ4n) is 1.41. The number of aryl methyl sites for hydroxylation is 1. The quantitative estimate of drug-likeness (QED) is 0.893. The SMILES string of the molecule is CCCc1nnsc1C(O)c1cccs1. The Morgan fingerprint density at radius 1 is 1.53 bits per heavy atom. The summed E-state index contributed by atoms with van der Waals surface area (Å²) in [6.07, 6.45) is 1.36. The fraction of sp³-hybridized carbons (Fsp3) is 0.400. The molecule has 2 heterocycles. The number of aliphatic hydroxyl groups excluding tert-OH is 1. The van der Waals surface area contributed by atoms with Gasteiger partial charge >= 0.3 is 0 Å². The summed E-state index contributed by atoms with van der Waals surface area (Å²) in [7, 11) is 0. The van der Waals surface area contributed by atoms with E-state index in [1.54, 1.807) is 11.3 Å². The first kappa shape index (κ1) is 10.7. The van der Waals surface area contributed by atoms with Crippen LogP contribution in [0.3, 0.4) is 0 Å². The highest BCUT2D eigenvalue weighted by Gasteiger charge is 2.18. The summed E-state index contributed by atoms with van der Waals surface area (Å²) < 4.78 is 3.91. The van der Waals surface area contributed by atoms with Crippen molar-refractivity contribution < 1.29 is 5.11 Å². The predicted molar refractivity (Wildman–Crippen MR) is 62.3 cm³/mol. The van der Waals surface area contributed by atoms with Crippen molar-refractivity contribution in [3.8, 4) is 0 Å². The lowest BCUT2D eigenvalue weighted by Crippen LogP contribution is -1.99. The van der Waals surface area contributed by atoms with Crippen molar-refractivity contribution >= 4 is 22.9 Å². The summed E-state index contributed by atoms with van der Waals surface area (Å²) in [4.78, 5) is 1.85. The van der Waals surface area contributed by atoms with E-state index < -0.39 is 6.10 Å². The van der Waals surface area contributed by atoms with E-state index in [-0.39, 0.29) is 0 Å². The van der Waals surface area contributed by atoms with Crippen molar-refractivity contribution in [1.29, 1.82) is 0 Å². The molecule has 0 amide bonds. The van der Waals surface area contributed by atoms with Gasteiger partial charge in [0.05, 0.1) is 10.6 Å². The standard InChI is InChI=1S/C10H12N2OS2/c1-2-4-7-10(15-12-11-7)9(13)8-5-3-6-14-8/h3,5-6,9,13H,2,4H2,1H3. The van der Waals surface area contributed by atoms with E-state index in [4.69, 9.17) is 0 Å². The summed E-state index contributed by atoms with van der Waals surface area (Å²) in [5.74, 6) is 0. The van der Waals surface area contributed by atoms with Gasteiger partial charge in [0.1, 0.15) is 6.10 Å². The van der Waals surface area contributed by atoms with Crippen LogP contribution in [0.5, 0.6) is 0 Å². The van der Waals surface area contributed by atoms with E-state index in [1.807, 2.05) is 17.5 Å². The van der Waals surface area contributed by atoms with E-state index in [0.717, 1.165) is 28.3 Å². The van der Waals surface area contributed by atoms with Crippen LogP contribution in [0.4, 0.5) is 0 Å². The third-order valence-corrected chi connectivity index (χ3v) is 3.88. The Bertz CT molecular complexity index is 411. The van der Waals surface area contributed by atoms with E-state index in [1.165, 1.54) is 11.5 Å². The molecule has 0 aliphatic rings. The third kappa shape index (κ3) is 2.25. The highest BCUT2D eigenvalue weighted by atomic mass is 32.1. The van der Waals surface area contributed by atoms with E-state index >= 15 is 0 Å². The molecule has 0 aliphatic heterocycles. The second kappa shape index (κ2) is 4.83. The second-order valence-corrected chi connectivity index (χ2v) is 5.02. The molecular formula is C10H12N2OS2.